The predicted molar refractivity (Wildman–Crippen MR) is 73.5 cm³/mol. The van der Waals surface area contributed by atoms with Gasteiger partial charge in [0.25, 0.3) is 0 Å². The van der Waals surface area contributed by atoms with Gasteiger partial charge in [-0.2, -0.15) is 13.2 Å². The van der Waals surface area contributed by atoms with Gasteiger partial charge in [-0.3, -0.25) is 4.90 Å². The molecule has 2 rings (SSSR count). The molecule has 1 saturated heterocycles. The third-order valence-electron chi connectivity index (χ3n) is 3.82. The molecule has 0 aliphatic carbocycles. The van der Waals surface area contributed by atoms with E-state index in [2.05, 4.69) is 5.32 Å². The number of halogens is 4. The molecule has 1 aliphatic heterocycles. The molecule has 1 fully saturated rings. The van der Waals surface area contributed by atoms with E-state index in [0.29, 0.717) is 38.0 Å². The van der Waals surface area contributed by atoms with Crippen LogP contribution in [0, 0.1) is 12.7 Å². The van der Waals surface area contributed by atoms with Crippen LogP contribution in [-0.4, -0.2) is 36.8 Å². The van der Waals surface area contributed by atoms with Gasteiger partial charge in [0.15, 0.2) is 0 Å². The van der Waals surface area contributed by atoms with Gasteiger partial charge in [-0.1, -0.05) is 12.1 Å². The minimum atomic E-state index is -4.13. The number of benzene rings is 1. The minimum Gasteiger partial charge on any atom is -0.310 e. The molecule has 1 heterocycles. The lowest BCUT2D eigenvalue weighted by Gasteiger charge is -2.32. The van der Waals surface area contributed by atoms with Crippen molar-refractivity contribution in [1.29, 1.82) is 0 Å². The Bertz CT molecular complexity index is 465. The smallest absolute Gasteiger partial charge is 0.310 e. The Labute approximate surface area is 122 Å². The Morgan fingerprint density at radius 1 is 1.24 bits per heavy atom. The van der Waals surface area contributed by atoms with Crippen LogP contribution in [0.3, 0.4) is 0 Å². The summed E-state index contributed by atoms with van der Waals surface area (Å²) in [6, 6.07) is 5.29. The van der Waals surface area contributed by atoms with Gasteiger partial charge in [0, 0.05) is 12.6 Å². The number of rotatable bonds is 4. The summed E-state index contributed by atoms with van der Waals surface area (Å²) in [5.74, 6) is -0.228. The molecular formula is C15H20F4N2. The van der Waals surface area contributed by atoms with Crippen LogP contribution in [0.4, 0.5) is 17.6 Å². The summed E-state index contributed by atoms with van der Waals surface area (Å²) in [4.78, 5) is 1.43. The molecule has 0 radical (unpaired) electrons. The first-order valence-corrected chi connectivity index (χ1v) is 7.11. The molecule has 2 nitrogen and oxygen atoms in total. The van der Waals surface area contributed by atoms with E-state index in [0.717, 1.165) is 5.56 Å². The van der Waals surface area contributed by atoms with Crippen molar-refractivity contribution in [2.45, 2.75) is 38.5 Å². The van der Waals surface area contributed by atoms with E-state index >= 15 is 0 Å². The van der Waals surface area contributed by atoms with Crippen LogP contribution >= 0.6 is 0 Å². The van der Waals surface area contributed by atoms with Crippen molar-refractivity contribution in [3.05, 3.63) is 35.1 Å². The van der Waals surface area contributed by atoms with Crippen LogP contribution in [0.1, 0.15) is 24.0 Å². The first-order chi connectivity index (χ1) is 9.83. The number of nitrogens with zero attached hydrogens (tertiary/aromatic N) is 1. The van der Waals surface area contributed by atoms with E-state index in [1.807, 2.05) is 6.07 Å². The number of aryl methyl sites for hydroxylation is 1. The fraction of sp³-hybridized carbons (Fsp3) is 0.600. The number of alkyl halides is 3. The van der Waals surface area contributed by atoms with Crippen molar-refractivity contribution in [3.8, 4) is 0 Å². The quantitative estimate of drug-likeness (QED) is 0.859. The summed E-state index contributed by atoms with van der Waals surface area (Å²) >= 11 is 0. The second-order valence-corrected chi connectivity index (χ2v) is 5.63. The van der Waals surface area contributed by atoms with Crippen molar-refractivity contribution in [2.24, 2.45) is 0 Å². The van der Waals surface area contributed by atoms with Crippen molar-refractivity contribution in [3.63, 3.8) is 0 Å². The van der Waals surface area contributed by atoms with Crippen LogP contribution in [0.15, 0.2) is 18.2 Å². The van der Waals surface area contributed by atoms with Gasteiger partial charge < -0.3 is 5.32 Å². The van der Waals surface area contributed by atoms with Crippen LogP contribution in [0.2, 0.25) is 0 Å². The van der Waals surface area contributed by atoms with E-state index in [9.17, 15) is 17.6 Å². The first kappa shape index (κ1) is 16.2. The zero-order valence-corrected chi connectivity index (χ0v) is 12.0. The molecule has 0 unspecified atom stereocenters. The highest BCUT2D eigenvalue weighted by atomic mass is 19.4. The lowest BCUT2D eigenvalue weighted by atomic mass is 10.0. The van der Waals surface area contributed by atoms with Gasteiger partial charge in [0.1, 0.15) is 5.82 Å². The molecule has 0 amide bonds. The molecule has 0 atom stereocenters. The summed E-state index contributed by atoms with van der Waals surface area (Å²) in [5.41, 5.74) is 1.47. The lowest BCUT2D eigenvalue weighted by molar-refractivity contribution is -0.148. The Kier molecular flexibility index (Phi) is 5.22. The maximum absolute atomic E-state index is 13.4. The van der Waals surface area contributed by atoms with Crippen LogP contribution in [0.5, 0.6) is 0 Å². The van der Waals surface area contributed by atoms with E-state index in [4.69, 9.17) is 0 Å². The number of hydrogen-bond acceptors (Lipinski definition) is 2. The molecule has 0 saturated carbocycles. The third-order valence-corrected chi connectivity index (χ3v) is 3.82. The molecule has 0 spiro atoms. The normalized spacial score (nSPS) is 18.1. The number of hydrogen-bond donors (Lipinski definition) is 1. The number of piperidine rings is 1. The van der Waals surface area contributed by atoms with Crippen molar-refractivity contribution in [1.82, 2.24) is 10.2 Å². The largest absolute Gasteiger partial charge is 0.401 e. The summed E-state index contributed by atoms with van der Waals surface area (Å²) < 4.78 is 50.3. The molecule has 6 heteroatoms. The van der Waals surface area contributed by atoms with Crippen molar-refractivity contribution >= 4 is 0 Å². The number of nitrogens with one attached hydrogen (secondary N) is 1. The summed E-state index contributed by atoms with van der Waals surface area (Å²) in [5, 5.41) is 3.29. The Balaban J connectivity index is 1.75. The highest BCUT2D eigenvalue weighted by molar-refractivity contribution is 5.23. The predicted octanol–water partition coefficient (Wildman–Crippen LogP) is 3.25. The number of likely N-dealkylation sites (tertiary alicyclic amines) is 1. The standard InChI is InChI=1S/C15H20F4N2/c1-11-2-3-12(8-14(11)16)9-20-13-4-6-21(7-5-13)10-15(17,18)19/h2-3,8,13,20H,4-7,9-10H2,1H3. The van der Waals surface area contributed by atoms with Gasteiger partial charge in [0.2, 0.25) is 0 Å². The topological polar surface area (TPSA) is 15.3 Å². The summed E-state index contributed by atoms with van der Waals surface area (Å²) in [6.07, 6.45) is -2.76. The van der Waals surface area contributed by atoms with Gasteiger partial charge in [-0.05, 0) is 50.0 Å². The molecule has 1 aromatic carbocycles. The lowest BCUT2D eigenvalue weighted by Crippen LogP contribution is -2.45. The van der Waals surface area contributed by atoms with Crippen LogP contribution < -0.4 is 5.32 Å². The zero-order valence-electron chi connectivity index (χ0n) is 12.0. The summed E-state index contributed by atoms with van der Waals surface area (Å²) in [6.45, 7) is 2.31. The van der Waals surface area contributed by atoms with E-state index < -0.39 is 12.7 Å². The molecule has 0 bridgehead atoms. The second kappa shape index (κ2) is 6.75. The zero-order chi connectivity index (χ0) is 15.5. The fourth-order valence-corrected chi connectivity index (χ4v) is 2.56. The molecule has 1 aliphatic rings. The fourth-order valence-electron chi connectivity index (χ4n) is 2.56. The SMILES string of the molecule is Cc1ccc(CNC2CCN(CC(F)(F)F)CC2)cc1F. The molecule has 21 heavy (non-hydrogen) atoms. The van der Waals surface area contributed by atoms with Crippen LogP contribution in [-0.2, 0) is 6.54 Å². The van der Waals surface area contributed by atoms with E-state index in [1.54, 1.807) is 13.0 Å². The molecule has 1 N–H and O–H groups in total. The van der Waals surface area contributed by atoms with Crippen LogP contribution in [0.25, 0.3) is 0 Å². The van der Waals surface area contributed by atoms with E-state index in [1.165, 1.54) is 11.0 Å². The second-order valence-electron chi connectivity index (χ2n) is 5.63. The first-order valence-electron chi connectivity index (χ1n) is 7.11. The highest BCUT2D eigenvalue weighted by Gasteiger charge is 2.32. The Morgan fingerprint density at radius 2 is 1.90 bits per heavy atom. The molecular weight excluding hydrogens is 284 g/mol. The average molecular weight is 304 g/mol. The summed E-state index contributed by atoms with van der Waals surface area (Å²) in [7, 11) is 0. The molecule has 0 aromatic heterocycles. The maximum Gasteiger partial charge on any atom is 0.401 e. The van der Waals surface area contributed by atoms with Gasteiger partial charge in [0.05, 0.1) is 6.54 Å². The van der Waals surface area contributed by atoms with E-state index in [-0.39, 0.29) is 11.9 Å². The minimum absolute atomic E-state index is 0.193. The van der Waals surface area contributed by atoms with Gasteiger partial charge in [-0.25, -0.2) is 4.39 Å². The average Bonchev–Trinajstić information content (AvgIpc) is 2.40. The Hall–Kier alpha value is -1.14. The van der Waals surface area contributed by atoms with Crippen molar-refractivity contribution in [2.75, 3.05) is 19.6 Å². The van der Waals surface area contributed by atoms with Crippen molar-refractivity contribution < 1.29 is 17.6 Å². The molecule has 1 aromatic rings. The molecule has 118 valence electrons. The highest BCUT2D eigenvalue weighted by Crippen LogP contribution is 2.20. The third kappa shape index (κ3) is 5.28. The maximum atomic E-state index is 13.4. The monoisotopic (exact) mass is 304 g/mol. The van der Waals surface area contributed by atoms with Gasteiger partial charge >= 0.3 is 6.18 Å². The Morgan fingerprint density at radius 3 is 2.48 bits per heavy atom. The van der Waals surface area contributed by atoms with Gasteiger partial charge in [-0.15, -0.1) is 0 Å².